The number of ether oxygens (including phenoxy) is 1. The predicted octanol–water partition coefficient (Wildman–Crippen LogP) is 4.06. The van der Waals surface area contributed by atoms with Crippen LogP contribution in [0.15, 0.2) is 46.1 Å². The van der Waals surface area contributed by atoms with Crippen LogP contribution >= 0.6 is 23.2 Å². The Kier molecular flexibility index (Phi) is 8.60. The van der Waals surface area contributed by atoms with E-state index in [1.807, 2.05) is 0 Å². The molecule has 2 atom stereocenters. The summed E-state index contributed by atoms with van der Waals surface area (Å²) in [5.74, 6) is 0.484. The summed E-state index contributed by atoms with van der Waals surface area (Å²) in [6.45, 7) is -0.0349. The molecule has 1 aromatic heterocycles. The van der Waals surface area contributed by atoms with Crippen molar-refractivity contribution in [3.8, 4) is 5.75 Å². The maximum Gasteiger partial charge on any atom is 0.140 e. The van der Waals surface area contributed by atoms with Crippen LogP contribution in [0.4, 0.5) is 0 Å². The molecule has 0 amide bonds. The second-order valence-electron chi connectivity index (χ2n) is 6.14. The molecule has 0 aliphatic heterocycles. The summed E-state index contributed by atoms with van der Waals surface area (Å²) in [5.41, 5.74) is 3.83. The van der Waals surface area contributed by atoms with E-state index < -0.39 is 12.2 Å². The predicted molar refractivity (Wildman–Crippen MR) is 105 cm³/mol. The smallest absolute Gasteiger partial charge is 0.140 e. The van der Waals surface area contributed by atoms with Crippen LogP contribution in [0.1, 0.15) is 42.1 Å². The van der Waals surface area contributed by atoms with Gasteiger partial charge in [-0.2, -0.15) is 0 Å². The number of hydrogen-bond donors (Lipinski definition) is 4. The summed E-state index contributed by atoms with van der Waals surface area (Å²) in [5, 5.41) is 40.0. The van der Waals surface area contributed by atoms with Crippen molar-refractivity contribution in [1.82, 2.24) is 0 Å². The number of furan rings is 1. The molecule has 8 heteroatoms. The quantitative estimate of drug-likeness (QED) is 0.449. The van der Waals surface area contributed by atoms with Crippen LogP contribution in [-0.4, -0.2) is 34.1 Å². The van der Waals surface area contributed by atoms with E-state index in [1.165, 1.54) is 19.2 Å². The molecule has 0 fully saturated rings. The molecule has 0 radical (unpaired) electrons. The first-order valence-corrected chi connectivity index (χ1v) is 9.26. The minimum Gasteiger partial charge on any atom is -0.506 e. The van der Waals surface area contributed by atoms with E-state index in [0.717, 1.165) is 0 Å². The van der Waals surface area contributed by atoms with E-state index >= 15 is 0 Å². The molecule has 28 heavy (non-hydrogen) atoms. The van der Waals surface area contributed by atoms with Gasteiger partial charge in [0.15, 0.2) is 0 Å². The largest absolute Gasteiger partial charge is 0.506 e. The van der Waals surface area contributed by atoms with Crippen LogP contribution < -0.4 is 0 Å². The summed E-state index contributed by atoms with van der Waals surface area (Å²) < 4.78 is 10.4. The van der Waals surface area contributed by atoms with Crippen molar-refractivity contribution in [3.63, 3.8) is 0 Å². The molecule has 6 nitrogen and oxygen atoms in total. The van der Waals surface area contributed by atoms with Gasteiger partial charge in [-0.1, -0.05) is 23.2 Å². The van der Waals surface area contributed by atoms with E-state index in [1.54, 1.807) is 18.2 Å². The van der Waals surface area contributed by atoms with Gasteiger partial charge in [0, 0.05) is 30.5 Å². The Morgan fingerprint density at radius 2 is 2.00 bits per heavy atom. The molecular formula is C20H22Cl2O6. The highest BCUT2D eigenvalue weighted by Crippen LogP contribution is 2.36. The van der Waals surface area contributed by atoms with E-state index in [2.05, 4.69) is 5.73 Å². The molecule has 1 aromatic carbocycles. The summed E-state index contributed by atoms with van der Waals surface area (Å²) in [7, 11) is 1.51. The number of aliphatic hydroxyl groups is 3. The summed E-state index contributed by atoms with van der Waals surface area (Å²) in [6.07, 6.45) is -0.00471. The Labute approximate surface area is 172 Å². The number of aliphatic hydroxyl groups excluding tert-OH is 3. The number of methoxy groups -OCH3 is 1. The Hall–Kier alpha value is -1.76. The third kappa shape index (κ3) is 6.12. The average Bonchev–Trinajstić information content (AvgIpc) is 3.14. The molecule has 4 N–H and O–H groups in total. The zero-order chi connectivity index (χ0) is 20.7. The lowest BCUT2D eigenvalue weighted by Gasteiger charge is -2.15. The number of aromatic hydroxyl groups is 1. The van der Waals surface area contributed by atoms with Crippen LogP contribution in [-0.2, 0) is 11.3 Å². The normalized spacial score (nSPS) is 13.1. The van der Waals surface area contributed by atoms with Crippen molar-refractivity contribution in [2.75, 3.05) is 13.7 Å². The number of halogens is 2. The zero-order valence-electron chi connectivity index (χ0n) is 15.2. The van der Waals surface area contributed by atoms with Gasteiger partial charge in [-0.15, -0.1) is 5.73 Å². The van der Waals surface area contributed by atoms with E-state index in [9.17, 15) is 15.3 Å². The maximum atomic E-state index is 10.5. The number of phenolic OH excluding ortho intramolecular Hbond substituents is 1. The molecule has 0 aliphatic rings. The number of hydrogen-bond acceptors (Lipinski definition) is 6. The SMILES string of the molecule is COCC(=C=CC[C@@H](O)c1ccc(CO)o1)C[C@@H](O)c1cc(Cl)cc(Cl)c1O. The molecule has 0 aliphatic carbocycles. The van der Waals surface area contributed by atoms with Crippen molar-refractivity contribution in [3.05, 3.63) is 68.8 Å². The summed E-state index contributed by atoms with van der Waals surface area (Å²) in [6, 6.07) is 6.02. The van der Waals surface area contributed by atoms with E-state index in [0.29, 0.717) is 22.1 Å². The molecule has 0 unspecified atom stereocenters. The first-order valence-electron chi connectivity index (χ1n) is 8.51. The lowest BCUT2D eigenvalue weighted by Crippen LogP contribution is -2.03. The molecule has 2 rings (SSSR count). The second kappa shape index (κ2) is 10.7. The minimum absolute atomic E-state index is 0.0539. The maximum absolute atomic E-state index is 10.5. The van der Waals surface area contributed by atoms with Crippen LogP contribution in [0.3, 0.4) is 0 Å². The van der Waals surface area contributed by atoms with Crippen LogP contribution in [0, 0.1) is 0 Å². The summed E-state index contributed by atoms with van der Waals surface area (Å²) >= 11 is 11.8. The standard InChI is InChI=1S/C20H22Cl2O6/c1-27-11-12(3-2-4-17(24)19-6-5-14(10-23)28-19)7-18(25)15-8-13(21)9-16(22)20(15)26/h2,5-6,8-9,17-18,23-26H,4,7,10-11H2,1H3/t3?,17-,18-/m1/s1. The molecule has 152 valence electrons. The van der Waals surface area contributed by atoms with Gasteiger partial charge in [-0.3, -0.25) is 0 Å². The van der Waals surface area contributed by atoms with Crippen LogP contribution in [0.5, 0.6) is 5.75 Å². The van der Waals surface area contributed by atoms with E-state index in [-0.39, 0.29) is 42.4 Å². The zero-order valence-corrected chi connectivity index (χ0v) is 16.7. The lowest BCUT2D eigenvalue weighted by molar-refractivity contribution is 0.145. The second-order valence-corrected chi connectivity index (χ2v) is 6.99. The van der Waals surface area contributed by atoms with Crippen molar-refractivity contribution >= 4 is 23.2 Å². The Balaban J connectivity index is 2.12. The van der Waals surface area contributed by atoms with Gasteiger partial charge in [0.1, 0.15) is 30.0 Å². The third-order valence-corrected chi connectivity index (χ3v) is 4.50. The highest BCUT2D eigenvalue weighted by atomic mass is 35.5. The van der Waals surface area contributed by atoms with Crippen molar-refractivity contribution < 1.29 is 29.6 Å². The Morgan fingerprint density at radius 3 is 2.64 bits per heavy atom. The fourth-order valence-corrected chi connectivity index (χ4v) is 3.12. The van der Waals surface area contributed by atoms with Gasteiger partial charge >= 0.3 is 0 Å². The Bertz CT molecular complexity index is 854. The van der Waals surface area contributed by atoms with Crippen molar-refractivity contribution in [2.45, 2.75) is 31.7 Å². The number of benzene rings is 1. The monoisotopic (exact) mass is 428 g/mol. The highest BCUT2D eigenvalue weighted by molar-refractivity contribution is 6.35. The topological polar surface area (TPSA) is 103 Å². The van der Waals surface area contributed by atoms with Gasteiger partial charge in [-0.05, 0) is 35.9 Å². The number of rotatable bonds is 9. The van der Waals surface area contributed by atoms with Gasteiger partial charge < -0.3 is 29.6 Å². The molecular weight excluding hydrogens is 407 g/mol. The van der Waals surface area contributed by atoms with Crippen LogP contribution in [0.25, 0.3) is 0 Å². The van der Waals surface area contributed by atoms with Crippen LogP contribution in [0.2, 0.25) is 10.0 Å². The van der Waals surface area contributed by atoms with Gasteiger partial charge in [0.25, 0.3) is 0 Å². The molecule has 1 heterocycles. The highest BCUT2D eigenvalue weighted by Gasteiger charge is 2.18. The fourth-order valence-electron chi connectivity index (χ4n) is 2.61. The van der Waals surface area contributed by atoms with Gasteiger partial charge in [0.05, 0.1) is 17.7 Å². The van der Waals surface area contributed by atoms with Crippen molar-refractivity contribution in [2.24, 2.45) is 0 Å². The minimum atomic E-state index is -1.07. The lowest BCUT2D eigenvalue weighted by atomic mass is 10.0. The number of phenols is 1. The van der Waals surface area contributed by atoms with Gasteiger partial charge in [-0.25, -0.2) is 0 Å². The summed E-state index contributed by atoms with van der Waals surface area (Å²) in [4.78, 5) is 0. The van der Waals surface area contributed by atoms with E-state index in [4.69, 9.17) is 37.5 Å². The third-order valence-electron chi connectivity index (χ3n) is 3.99. The first kappa shape index (κ1) is 22.5. The van der Waals surface area contributed by atoms with Gasteiger partial charge in [0.2, 0.25) is 0 Å². The van der Waals surface area contributed by atoms with Crippen molar-refractivity contribution in [1.29, 1.82) is 0 Å². The molecule has 0 saturated carbocycles. The molecule has 0 saturated heterocycles. The molecule has 0 spiro atoms. The first-order chi connectivity index (χ1) is 13.3. The molecule has 2 aromatic rings. The Morgan fingerprint density at radius 1 is 1.25 bits per heavy atom. The average molecular weight is 429 g/mol. The molecule has 0 bridgehead atoms. The fraction of sp³-hybridized carbons (Fsp3) is 0.350.